The van der Waals surface area contributed by atoms with Crippen molar-refractivity contribution in [2.75, 3.05) is 20.3 Å². The van der Waals surface area contributed by atoms with Crippen LogP contribution in [-0.4, -0.2) is 42.7 Å². The van der Waals surface area contributed by atoms with Gasteiger partial charge in [0.1, 0.15) is 11.6 Å². The van der Waals surface area contributed by atoms with Gasteiger partial charge in [-0.25, -0.2) is 4.79 Å². The highest BCUT2D eigenvalue weighted by Crippen LogP contribution is 2.18. The molecule has 2 rings (SSSR count). The SMILES string of the molecule is COCCn1c(C)cc(/C=C(\C#N)C(=O)OCC(=O)NNC(=O)c2ccccc2)c1C. The number of benzene rings is 1. The molecule has 0 atom stereocenters. The minimum atomic E-state index is -0.936. The molecule has 0 aliphatic rings. The molecule has 0 fully saturated rings. The van der Waals surface area contributed by atoms with Gasteiger partial charge in [-0.15, -0.1) is 0 Å². The predicted octanol–water partition coefficient (Wildman–Crippen LogP) is 1.66. The maximum Gasteiger partial charge on any atom is 0.349 e. The second-order valence-corrected chi connectivity index (χ2v) is 6.59. The van der Waals surface area contributed by atoms with Crippen LogP contribution < -0.4 is 10.9 Å². The molecule has 1 aromatic carbocycles. The van der Waals surface area contributed by atoms with Crippen LogP contribution in [0.5, 0.6) is 0 Å². The highest BCUT2D eigenvalue weighted by Gasteiger charge is 2.16. The van der Waals surface area contributed by atoms with Gasteiger partial charge in [0.15, 0.2) is 6.61 Å². The van der Waals surface area contributed by atoms with Crippen LogP contribution in [0.25, 0.3) is 6.08 Å². The number of carbonyl (C=O) groups is 3. The van der Waals surface area contributed by atoms with E-state index in [0.29, 0.717) is 24.3 Å². The maximum absolute atomic E-state index is 12.2. The number of aryl methyl sites for hydroxylation is 1. The maximum atomic E-state index is 12.2. The third kappa shape index (κ3) is 6.55. The average Bonchev–Trinajstić information content (AvgIpc) is 3.05. The summed E-state index contributed by atoms with van der Waals surface area (Å²) in [5.74, 6) is -2.19. The van der Waals surface area contributed by atoms with Gasteiger partial charge in [-0.2, -0.15) is 5.26 Å². The first kappa shape index (κ1) is 23.4. The Bertz CT molecular complexity index is 1020. The number of ether oxygens (including phenoxy) is 2. The summed E-state index contributed by atoms with van der Waals surface area (Å²) in [5.41, 5.74) is 7.01. The number of hydrazine groups is 1. The van der Waals surface area contributed by atoms with Gasteiger partial charge in [-0.1, -0.05) is 18.2 Å². The van der Waals surface area contributed by atoms with Crippen LogP contribution >= 0.6 is 0 Å². The third-order valence-corrected chi connectivity index (χ3v) is 4.46. The molecule has 9 heteroatoms. The van der Waals surface area contributed by atoms with E-state index in [1.54, 1.807) is 43.5 Å². The molecule has 0 radical (unpaired) electrons. The molecule has 0 bridgehead atoms. The lowest BCUT2D eigenvalue weighted by Gasteiger charge is -2.08. The zero-order chi connectivity index (χ0) is 22.8. The number of methoxy groups -OCH3 is 1. The number of amides is 2. The molecule has 0 aliphatic carbocycles. The van der Waals surface area contributed by atoms with E-state index in [0.717, 1.165) is 11.4 Å². The standard InChI is InChI=1S/C22H24N4O5/c1-15-11-18(16(2)26(15)9-10-30-3)12-19(13-23)22(29)31-14-20(27)24-25-21(28)17-7-5-4-6-8-17/h4-8,11-12H,9-10,14H2,1-3H3,(H,24,27)(H,25,28)/b19-12+. The van der Waals surface area contributed by atoms with E-state index in [-0.39, 0.29) is 5.57 Å². The van der Waals surface area contributed by atoms with E-state index >= 15 is 0 Å². The van der Waals surface area contributed by atoms with Crippen molar-refractivity contribution < 1.29 is 23.9 Å². The Kier molecular flexibility index (Phi) is 8.54. The Morgan fingerprint density at radius 2 is 1.87 bits per heavy atom. The smallest absolute Gasteiger partial charge is 0.349 e. The fraction of sp³-hybridized carbons (Fsp3) is 0.273. The minimum Gasteiger partial charge on any atom is -0.451 e. The molecule has 0 saturated heterocycles. The minimum absolute atomic E-state index is 0.242. The number of esters is 1. The number of hydrogen-bond donors (Lipinski definition) is 2. The first-order valence-electron chi connectivity index (χ1n) is 9.46. The number of nitrogens with zero attached hydrogens (tertiary/aromatic N) is 2. The molecule has 2 N–H and O–H groups in total. The Morgan fingerprint density at radius 3 is 2.52 bits per heavy atom. The van der Waals surface area contributed by atoms with E-state index in [1.165, 1.54) is 6.08 Å². The summed E-state index contributed by atoms with van der Waals surface area (Å²) >= 11 is 0. The van der Waals surface area contributed by atoms with Crippen molar-refractivity contribution in [3.8, 4) is 6.07 Å². The zero-order valence-electron chi connectivity index (χ0n) is 17.6. The molecule has 1 heterocycles. The van der Waals surface area contributed by atoms with Gasteiger partial charge in [-0.3, -0.25) is 20.4 Å². The zero-order valence-corrected chi connectivity index (χ0v) is 17.6. The lowest BCUT2D eigenvalue weighted by atomic mass is 10.1. The van der Waals surface area contributed by atoms with Crippen LogP contribution in [-0.2, 0) is 25.6 Å². The summed E-state index contributed by atoms with van der Waals surface area (Å²) < 4.78 is 12.0. The monoisotopic (exact) mass is 424 g/mol. The Morgan fingerprint density at radius 1 is 1.16 bits per heavy atom. The number of carbonyl (C=O) groups excluding carboxylic acids is 3. The Balaban J connectivity index is 1.93. The van der Waals surface area contributed by atoms with Crippen molar-refractivity contribution in [3.63, 3.8) is 0 Å². The first-order valence-corrected chi connectivity index (χ1v) is 9.46. The van der Waals surface area contributed by atoms with Gasteiger partial charge >= 0.3 is 5.97 Å². The topological polar surface area (TPSA) is 122 Å². The van der Waals surface area contributed by atoms with Crippen LogP contribution in [0.15, 0.2) is 42.0 Å². The Hall–Kier alpha value is -3.90. The van der Waals surface area contributed by atoms with Crippen molar-refractivity contribution in [1.29, 1.82) is 5.26 Å². The predicted molar refractivity (Wildman–Crippen MR) is 112 cm³/mol. The number of nitrogens with one attached hydrogen (secondary N) is 2. The molecule has 0 aliphatic heterocycles. The molecule has 0 saturated carbocycles. The molecule has 162 valence electrons. The molecule has 1 aromatic heterocycles. The first-order chi connectivity index (χ1) is 14.9. The van der Waals surface area contributed by atoms with E-state index in [2.05, 4.69) is 10.9 Å². The van der Waals surface area contributed by atoms with Crippen LogP contribution in [0.4, 0.5) is 0 Å². The largest absolute Gasteiger partial charge is 0.451 e. The van der Waals surface area contributed by atoms with Gasteiger partial charge in [0, 0.05) is 30.6 Å². The quantitative estimate of drug-likeness (QED) is 0.288. The van der Waals surface area contributed by atoms with Crippen LogP contribution in [0, 0.1) is 25.2 Å². The van der Waals surface area contributed by atoms with Gasteiger partial charge in [0.2, 0.25) is 0 Å². The number of hydrogen-bond acceptors (Lipinski definition) is 6. The van der Waals surface area contributed by atoms with E-state index < -0.39 is 24.4 Å². The Labute approximate surface area is 180 Å². The number of nitriles is 1. The third-order valence-electron chi connectivity index (χ3n) is 4.46. The van der Waals surface area contributed by atoms with Crippen molar-refractivity contribution in [2.24, 2.45) is 0 Å². The molecule has 0 spiro atoms. The molecular weight excluding hydrogens is 400 g/mol. The second-order valence-electron chi connectivity index (χ2n) is 6.59. The summed E-state index contributed by atoms with van der Waals surface area (Å²) in [6.07, 6.45) is 1.42. The fourth-order valence-corrected chi connectivity index (χ4v) is 2.83. The van der Waals surface area contributed by atoms with Crippen molar-refractivity contribution >= 4 is 23.9 Å². The average molecular weight is 424 g/mol. The highest BCUT2D eigenvalue weighted by atomic mass is 16.5. The van der Waals surface area contributed by atoms with E-state index in [4.69, 9.17) is 9.47 Å². The fourth-order valence-electron chi connectivity index (χ4n) is 2.83. The summed E-state index contributed by atoms with van der Waals surface area (Å²) in [6.45, 7) is 4.31. The van der Waals surface area contributed by atoms with Crippen molar-refractivity contribution in [3.05, 3.63) is 64.5 Å². The van der Waals surface area contributed by atoms with E-state index in [9.17, 15) is 19.6 Å². The highest BCUT2D eigenvalue weighted by molar-refractivity contribution is 5.99. The van der Waals surface area contributed by atoms with E-state index in [1.807, 2.05) is 24.5 Å². The number of rotatable bonds is 8. The summed E-state index contributed by atoms with van der Waals surface area (Å²) in [7, 11) is 1.61. The molecule has 9 nitrogen and oxygen atoms in total. The lowest BCUT2D eigenvalue weighted by Crippen LogP contribution is -2.43. The van der Waals surface area contributed by atoms with Gasteiger partial charge in [0.05, 0.1) is 6.61 Å². The molecule has 31 heavy (non-hydrogen) atoms. The molecule has 2 amide bonds. The molecular formula is C22H24N4O5. The van der Waals surface area contributed by atoms with Gasteiger partial charge in [-0.05, 0) is 43.7 Å². The molecule has 2 aromatic rings. The van der Waals surface area contributed by atoms with Gasteiger partial charge in [0.25, 0.3) is 11.8 Å². The van der Waals surface area contributed by atoms with Crippen LogP contribution in [0.1, 0.15) is 27.3 Å². The summed E-state index contributed by atoms with van der Waals surface area (Å²) in [4.78, 5) is 35.9. The lowest BCUT2D eigenvalue weighted by molar-refractivity contribution is -0.144. The molecule has 0 unspecified atom stereocenters. The second kappa shape index (κ2) is 11.3. The number of aromatic nitrogens is 1. The normalized spacial score (nSPS) is 10.8. The summed E-state index contributed by atoms with van der Waals surface area (Å²) in [5, 5.41) is 9.33. The van der Waals surface area contributed by atoms with Crippen LogP contribution in [0.3, 0.4) is 0 Å². The van der Waals surface area contributed by atoms with Gasteiger partial charge < -0.3 is 14.0 Å². The summed E-state index contributed by atoms with van der Waals surface area (Å²) in [6, 6.07) is 11.9. The van der Waals surface area contributed by atoms with Crippen LogP contribution in [0.2, 0.25) is 0 Å². The van der Waals surface area contributed by atoms with Crippen molar-refractivity contribution in [1.82, 2.24) is 15.4 Å². The van der Waals surface area contributed by atoms with Crippen molar-refractivity contribution in [2.45, 2.75) is 20.4 Å².